The Morgan fingerprint density at radius 2 is 2.18 bits per heavy atom. The molecule has 0 aliphatic rings. The second kappa shape index (κ2) is 5.51. The van der Waals surface area contributed by atoms with Gasteiger partial charge < -0.3 is 9.47 Å². The molecular formula is C10H10F3NO3. The molecule has 0 aliphatic carbocycles. The summed E-state index contributed by atoms with van der Waals surface area (Å²) in [5.74, 6) is -2.78. The number of esters is 1. The molecular weight excluding hydrogens is 239 g/mol. The van der Waals surface area contributed by atoms with Crippen LogP contribution in [0.15, 0.2) is 6.20 Å². The fourth-order valence-corrected chi connectivity index (χ4v) is 1.19. The number of methoxy groups -OCH3 is 1. The van der Waals surface area contributed by atoms with Gasteiger partial charge in [-0.2, -0.15) is 0 Å². The van der Waals surface area contributed by atoms with Crippen molar-refractivity contribution in [3.05, 3.63) is 23.3 Å². The molecule has 0 radical (unpaired) electrons. The second-order valence-electron chi connectivity index (χ2n) is 2.92. The lowest BCUT2D eigenvalue weighted by molar-refractivity contribution is 0.0506. The average Bonchev–Trinajstić information content (AvgIpc) is 2.28. The predicted molar refractivity (Wildman–Crippen MR) is 51.7 cm³/mol. The van der Waals surface area contributed by atoms with Gasteiger partial charge in [0.2, 0.25) is 0 Å². The van der Waals surface area contributed by atoms with Crippen molar-refractivity contribution in [2.75, 3.05) is 13.7 Å². The zero-order valence-electron chi connectivity index (χ0n) is 9.17. The van der Waals surface area contributed by atoms with Crippen molar-refractivity contribution in [2.45, 2.75) is 13.3 Å². The minimum Gasteiger partial charge on any atom is -0.492 e. The minimum absolute atomic E-state index is 0.0574. The summed E-state index contributed by atoms with van der Waals surface area (Å²) < 4.78 is 47.9. The summed E-state index contributed by atoms with van der Waals surface area (Å²) in [7, 11) is 1.14. The maximum atomic E-state index is 13.7. The Labute approximate surface area is 95.4 Å². The molecule has 1 aromatic heterocycles. The summed E-state index contributed by atoms with van der Waals surface area (Å²) in [6.07, 6.45) is -2.28. The number of nitrogens with zero attached hydrogens (tertiary/aromatic N) is 1. The lowest BCUT2D eigenvalue weighted by Gasteiger charge is -2.10. The molecule has 4 nitrogen and oxygen atoms in total. The Hall–Kier alpha value is -1.79. The van der Waals surface area contributed by atoms with E-state index in [1.165, 1.54) is 6.92 Å². The normalized spacial score (nSPS) is 10.5. The number of aromatic nitrogens is 1. The van der Waals surface area contributed by atoms with Gasteiger partial charge in [0.15, 0.2) is 11.6 Å². The molecule has 0 fully saturated rings. The number of alkyl halides is 2. The molecule has 7 heteroatoms. The van der Waals surface area contributed by atoms with Crippen LogP contribution in [0.1, 0.15) is 29.4 Å². The summed E-state index contributed by atoms with van der Waals surface area (Å²) in [6, 6.07) is 0. The number of ether oxygens (including phenoxy) is 2. The van der Waals surface area contributed by atoms with Crippen LogP contribution in [-0.2, 0) is 4.74 Å². The smallest absolute Gasteiger partial charge is 0.343 e. The van der Waals surface area contributed by atoms with E-state index in [9.17, 15) is 18.0 Å². The molecule has 0 aromatic carbocycles. The van der Waals surface area contributed by atoms with Gasteiger partial charge in [0.1, 0.15) is 11.3 Å². The molecule has 0 saturated heterocycles. The molecule has 0 spiro atoms. The van der Waals surface area contributed by atoms with Gasteiger partial charge in [0.25, 0.3) is 6.43 Å². The van der Waals surface area contributed by atoms with E-state index in [4.69, 9.17) is 0 Å². The van der Waals surface area contributed by atoms with E-state index in [1.54, 1.807) is 0 Å². The van der Waals surface area contributed by atoms with E-state index >= 15 is 0 Å². The van der Waals surface area contributed by atoms with Crippen molar-refractivity contribution in [3.63, 3.8) is 0 Å². The highest BCUT2D eigenvalue weighted by Crippen LogP contribution is 2.28. The quantitative estimate of drug-likeness (QED) is 0.768. The molecule has 1 heterocycles. The Kier molecular flexibility index (Phi) is 4.30. The van der Waals surface area contributed by atoms with Crippen LogP contribution in [0.4, 0.5) is 13.2 Å². The Bertz CT molecular complexity index is 424. The zero-order valence-corrected chi connectivity index (χ0v) is 9.17. The van der Waals surface area contributed by atoms with Gasteiger partial charge in [-0.05, 0) is 6.92 Å². The molecule has 0 N–H and O–H groups in total. The Morgan fingerprint density at radius 1 is 1.53 bits per heavy atom. The minimum atomic E-state index is -3.07. The van der Waals surface area contributed by atoms with Crippen molar-refractivity contribution in [1.82, 2.24) is 4.98 Å². The first-order valence-corrected chi connectivity index (χ1v) is 4.70. The number of hydrogen-bond acceptors (Lipinski definition) is 4. The van der Waals surface area contributed by atoms with Gasteiger partial charge in [-0.15, -0.1) is 0 Å². The third-order valence-corrected chi connectivity index (χ3v) is 1.92. The van der Waals surface area contributed by atoms with Gasteiger partial charge in [-0.1, -0.05) is 0 Å². The highest BCUT2D eigenvalue weighted by molar-refractivity contribution is 5.91. The first kappa shape index (κ1) is 13.3. The molecule has 17 heavy (non-hydrogen) atoms. The van der Waals surface area contributed by atoms with Crippen LogP contribution in [0.25, 0.3) is 0 Å². The van der Waals surface area contributed by atoms with Crippen LogP contribution < -0.4 is 4.74 Å². The summed E-state index contributed by atoms with van der Waals surface area (Å²) in [4.78, 5) is 14.7. The number of hydrogen-bond donors (Lipinski definition) is 0. The molecule has 0 saturated carbocycles. The predicted octanol–water partition coefficient (Wildman–Crippen LogP) is 2.34. The van der Waals surface area contributed by atoms with Crippen LogP contribution in [0.5, 0.6) is 5.75 Å². The molecule has 1 rings (SSSR count). The Balaban J connectivity index is 3.34. The Morgan fingerprint density at radius 3 is 2.65 bits per heavy atom. The average molecular weight is 249 g/mol. The maximum Gasteiger partial charge on any atom is 0.343 e. The van der Waals surface area contributed by atoms with E-state index in [-0.39, 0.29) is 6.61 Å². The van der Waals surface area contributed by atoms with E-state index in [0.717, 1.165) is 13.3 Å². The monoisotopic (exact) mass is 249 g/mol. The lowest BCUT2D eigenvalue weighted by Crippen LogP contribution is -2.13. The number of halogens is 3. The topological polar surface area (TPSA) is 48.4 Å². The summed E-state index contributed by atoms with van der Waals surface area (Å²) in [5, 5.41) is 0. The molecule has 0 aliphatic heterocycles. The highest BCUT2D eigenvalue weighted by Gasteiger charge is 2.27. The van der Waals surface area contributed by atoms with E-state index in [2.05, 4.69) is 14.5 Å². The van der Waals surface area contributed by atoms with E-state index in [0.29, 0.717) is 0 Å². The number of rotatable bonds is 4. The first-order chi connectivity index (χ1) is 8.02. The fourth-order valence-electron chi connectivity index (χ4n) is 1.19. The fraction of sp³-hybridized carbons (Fsp3) is 0.400. The largest absolute Gasteiger partial charge is 0.492 e. The number of carbonyl (C=O) groups is 1. The first-order valence-electron chi connectivity index (χ1n) is 4.70. The lowest BCUT2D eigenvalue weighted by atomic mass is 10.1. The standard InChI is InChI=1S/C10H10F3NO3/c1-3-17-10(15)6-7(11)5(16-2)4-14-8(6)9(12)13/h4,9H,3H2,1-2H3. The van der Waals surface area contributed by atoms with Crippen molar-refractivity contribution >= 4 is 5.97 Å². The van der Waals surface area contributed by atoms with Crippen LogP contribution in [-0.4, -0.2) is 24.7 Å². The SMILES string of the molecule is CCOC(=O)c1c(C(F)F)ncc(OC)c1F. The molecule has 0 unspecified atom stereocenters. The van der Waals surface area contributed by atoms with Crippen molar-refractivity contribution in [1.29, 1.82) is 0 Å². The third kappa shape index (κ3) is 2.66. The third-order valence-electron chi connectivity index (χ3n) is 1.92. The maximum absolute atomic E-state index is 13.7. The van der Waals surface area contributed by atoms with E-state index < -0.39 is 35.2 Å². The van der Waals surface area contributed by atoms with Crippen molar-refractivity contribution in [2.24, 2.45) is 0 Å². The van der Waals surface area contributed by atoms with Crippen LogP contribution >= 0.6 is 0 Å². The zero-order chi connectivity index (χ0) is 13.0. The van der Waals surface area contributed by atoms with Gasteiger partial charge in [0.05, 0.1) is 19.9 Å². The number of pyridine rings is 1. The summed E-state index contributed by atoms with van der Waals surface area (Å²) in [6.45, 7) is 1.42. The van der Waals surface area contributed by atoms with Crippen LogP contribution in [0.2, 0.25) is 0 Å². The number of carbonyl (C=O) groups excluding carboxylic acids is 1. The second-order valence-corrected chi connectivity index (χ2v) is 2.92. The van der Waals surface area contributed by atoms with Crippen molar-refractivity contribution in [3.8, 4) is 5.75 Å². The van der Waals surface area contributed by atoms with Crippen LogP contribution in [0.3, 0.4) is 0 Å². The molecule has 0 bridgehead atoms. The summed E-state index contributed by atoms with van der Waals surface area (Å²) in [5.41, 5.74) is -1.84. The molecule has 0 atom stereocenters. The van der Waals surface area contributed by atoms with Gasteiger partial charge in [-0.25, -0.2) is 18.0 Å². The van der Waals surface area contributed by atoms with E-state index in [1.807, 2.05) is 0 Å². The molecule has 0 amide bonds. The highest BCUT2D eigenvalue weighted by atomic mass is 19.3. The summed E-state index contributed by atoms with van der Waals surface area (Å²) >= 11 is 0. The van der Waals surface area contributed by atoms with Gasteiger partial charge in [-0.3, -0.25) is 4.98 Å². The van der Waals surface area contributed by atoms with Crippen LogP contribution in [0, 0.1) is 5.82 Å². The molecule has 1 aromatic rings. The molecule has 94 valence electrons. The van der Waals surface area contributed by atoms with Gasteiger partial charge >= 0.3 is 5.97 Å². The van der Waals surface area contributed by atoms with Crippen molar-refractivity contribution < 1.29 is 27.4 Å². The van der Waals surface area contributed by atoms with Gasteiger partial charge in [0, 0.05) is 0 Å².